The number of pyridine rings is 1. The van der Waals surface area contributed by atoms with Crippen LogP contribution in [0.15, 0.2) is 30.7 Å². The van der Waals surface area contributed by atoms with E-state index in [0.29, 0.717) is 11.4 Å². The van der Waals surface area contributed by atoms with Gasteiger partial charge in [0.25, 0.3) is 0 Å². The van der Waals surface area contributed by atoms with E-state index < -0.39 is 0 Å². The van der Waals surface area contributed by atoms with Crippen molar-refractivity contribution >= 4 is 11.5 Å². The van der Waals surface area contributed by atoms with Crippen molar-refractivity contribution in [2.24, 2.45) is 0 Å². The molecule has 0 aliphatic rings. The maximum absolute atomic E-state index is 11.4. The number of rotatable bonds is 4. The second-order valence-corrected chi connectivity index (χ2v) is 4.29. The summed E-state index contributed by atoms with van der Waals surface area (Å²) in [5, 5.41) is 8.98. The van der Waals surface area contributed by atoms with E-state index in [9.17, 15) is 4.79 Å². The van der Waals surface area contributed by atoms with Gasteiger partial charge in [0.05, 0.1) is 11.8 Å². The van der Waals surface area contributed by atoms with Crippen molar-refractivity contribution in [3.8, 4) is 6.07 Å². The van der Waals surface area contributed by atoms with E-state index in [1.807, 2.05) is 12.1 Å². The van der Waals surface area contributed by atoms with Crippen LogP contribution in [-0.2, 0) is 0 Å². The van der Waals surface area contributed by atoms with E-state index in [-0.39, 0.29) is 18.1 Å². The number of anilines is 1. The maximum Gasteiger partial charge on any atom is 0.178 e. The second-order valence-electron chi connectivity index (χ2n) is 4.29. The number of aromatic nitrogens is 2. The van der Waals surface area contributed by atoms with E-state index in [4.69, 9.17) is 11.0 Å². The number of hydrogen-bond donors (Lipinski definition) is 2. The lowest BCUT2D eigenvalue weighted by Crippen LogP contribution is -2.04. The Morgan fingerprint density at radius 3 is 2.95 bits per heavy atom. The number of nitrogen functional groups attached to an aromatic ring is 1. The standard InChI is InChI=1S/C14H14N4O/c1-9(19)14-13(16)12(8-18-14)11(4-5-15)10-3-2-6-17-7-10/h2-3,6-8,11,18H,4,16H2,1H3. The zero-order valence-corrected chi connectivity index (χ0v) is 10.6. The van der Waals surface area contributed by atoms with Gasteiger partial charge in [-0.1, -0.05) is 6.07 Å². The molecule has 0 bridgehead atoms. The summed E-state index contributed by atoms with van der Waals surface area (Å²) in [6.07, 6.45) is 5.36. The van der Waals surface area contributed by atoms with Gasteiger partial charge in [-0.3, -0.25) is 9.78 Å². The van der Waals surface area contributed by atoms with Gasteiger partial charge in [-0.05, 0) is 11.6 Å². The number of ketones is 1. The van der Waals surface area contributed by atoms with Gasteiger partial charge in [0.2, 0.25) is 0 Å². The van der Waals surface area contributed by atoms with Gasteiger partial charge in [0.1, 0.15) is 5.69 Å². The van der Waals surface area contributed by atoms with Gasteiger partial charge in [0, 0.05) is 43.4 Å². The molecule has 0 fully saturated rings. The summed E-state index contributed by atoms with van der Waals surface area (Å²) in [4.78, 5) is 18.3. The minimum Gasteiger partial charge on any atom is -0.397 e. The van der Waals surface area contributed by atoms with E-state index in [2.05, 4.69) is 16.0 Å². The van der Waals surface area contributed by atoms with Crippen LogP contribution < -0.4 is 5.73 Å². The van der Waals surface area contributed by atoms with E-state index in [1.165, 1.54) is 6.92 Å². The molecule has 0 aromatic carbocycles. The Morgan fingerprint density at radius 1 is 1.63 bits per heavy atom. The molecule has 3 N–H and O–H groups in total. The summed E-state index contributed by atoms with van der Waals surface area (Å²) in [6, 6.07) is 5.86. The van der Waals surface area contributed by atoms with Gasteiger partial charge >= 0.3 is 0 Å². The number of nitriles is 1. The van der Waals surface area contributed by atoms with E-state index >= 15 is 0 Å². The molecule has 1 unspecified atom stereocenters. The van der Waals surface area contributed by atoms with Crippen LogP contribution in [0, 0.1) is 11.3 Å². The molecule has 5 nitrogen and oxygen atoms in total. The number of carbonyl (C=O) groups excluding carboxylic acids is 1. The molecular formula is C14H14N4O. The molecule has 0 saturated heterocycles. The number of H-pyrrole nitrogens is 1. The normalized spacial score (nSPS) is 11.8. The fourth-order valence-corrected chi connectivity index (χ4v) is 2.11. The van der Waals surface area contributed by atoms with Crippen molar-refractivity contribution in [2.45, 2.75) is 19.3 Å². The highest BCUT2D eigenvalue weighted by atomic mass is 16.1. The van der Waals surface area contributed by atoms with Gasteiger partial charge < -0.3 is 10.7 Å². The molecule has 2 aromatic heterocycles. The van der Waals surface area contributed by atoms with Crippen LogP contribution >= 0.6 is 0 Å². The third-order valence-corrected chi connectivity index (χ3v) is 3.06. The molecule has 0 aliphatic heterocycles. The van der Waals surface area contributed by atoms with Gasteiger partial charge in [-0.25, -0.2) is 0 Å². The summed E-state index contributed by atoms with van der Waals surface area (Å²) in [7, 11) is 0. The predicted molar refractivity (Wildman–Crippen MR) is 71.5 cm³/mol. The number of nitrogens with one attached hydrogen (secondary N) is 1. The Balaban J connectivity index is 2.47. The molecule has 0 aliphatic carbocycles. The summed E-state index contributed by atoms with van der Waals surface area (Å²) >= 11 is 0. The molecule has 2 heterocycles. The summed E-state index contributed by atoms with van der Waals surface area (Å²) in [5.41, 5.74) is 8.47. The highest BCUT2D eigenvalue weighted by Crippen LogP contribution is 2.33. The van der Waals surface area contributed by atoms with Crippen LogP contribution in [0.3, 0.4) is 0 Å². The summed E-state index contributed by atoms with van der Waals surface area (Å²) in [5.74, 6) is -0.298. The molecule has 2 rings (SSSR count). The van der Waals surface area contributed by atoms with Gasteiger partial charge in [-0.2, -0.15) is 5.26 Å². The third-order valence-electron chi connectivity index (χ3n) is 3.06. The lowest BCUT2D eigenvalue weighted by atomic mass is 9.90. The first-order valence-corrected chi connectivity index (χ1v) is 5.89. The SMILES string of the molecule is CC(=O)c1[nH]cc(C(CC#N)c2cccnc2)c1N. The average Bonchev–Trinajstić information content (AvgIpc) is 2.79. The molecule has 0 spiro atoms. The van der Waals surface area contributed by atoms with Crippen LogP contribution in [0.2, 0.25) is 0 Å². The number of aromatic amines is 1. The minimum absolute atomic E-state index is 0.120. The molecule has 0 saturated carbocycles. The van der Waals surface area contributed by atoms with Crippen molar-refractivity contribution in [3.63, 3.8) is 0 Å². The molecule has 5 heteroatoms. The first-order valence-electron chi connectivity index (χ1n) is 5.89. The lowest BCUT2D eigenvalue weighted by Gasteiger charge is -2.13. The van der Waals surface area contributed by atoms with Crippen molar-refractivity contribution in [1.29, 1.82) is 5.26 Å². The monoisotopic (exact) mass is 254 g/mol. The first-order chi connectivity index (χ1) is 9.15. The van der Waals surface area contributed by atoms with Gasteiger partial charge in [-0.15, -0.1) is 0 Å². The second kappa shape index (κ2) is 5.36. The summed E-state index contributed by atoms with van der Waals surface area (Å²) < 4.78 is 0. The van der Waals surface area contributed by atoms with Crippen molar-refractivity contribution in [3.05, 3.63) is 47.5 Å². The van der Waals surface area contributed by atoms with Crippen molar-refractivity contribution in [1.82, 2.24) is 9.97 Å². The van der Waals surface area contributed by atoms with Crippen LogP contribution in [0.4, 0.5) is 5.69 Å². The molecule has 96 valence electrons. The fourth-order valence-electron chi connectivity index (χ4n) is 2.11. The topological polar surface area (TPSA) is 95.6 Å². The van der Waals surface area contributed by atoms with Crippen LogP contribution in [0.5, 0.6) is 0 Å². The molecular weight excluding hydrogens is 240 g/mol. The zero-order valence-electron chi connectivity index (χ0n) is 10.6. The Morgan fingerprint density at radius 2 is 2.42 bits per heavy atom. The lowest BCUT2D eigenvalue weighted by molar-refractivity contribution is 0.101. The number of nitrogens with two attached hydrogens (primary N) is 1. The zero-order chi connectivity index (χ0) is 13.8. The Kier molecular flexibility index (Phi) is 3.62. The van der Waals surface area contributed by atoms with Gasteiger partial charge in [0.15, 0.2) is 5.78 Å². The Labute approximate surface area is 111 Å². The highest BCUT2D eigenvalue weighted by Gasteiger charge is 2.21. The first kappa shape index (κ1) is 12.8. The third kappa shape index (κ3) is 2.47. The fraction of sp³-hybridized carbons (Fsp3) is 0.214. The smallest absolute Gasteiger partial charge is 0.178 e. The van der Waals surface area contributed by atoms with Crippen molar-refractivity contribution < 1.29 is 4.79 Å². The molecule has 0 amide bonds. The van der Waals surface area contributed by atoms with E-state index in [0.717, 1.165) is 11.1 Å². The molecule has 19 heavy (non-hydrogen) atoms. The minimum atomic E-state index is -0.178. The quantitative estimate of drug-likeness (QED) is 0.818. The largest absolute Gasteiger partial charge is 0.397 e. The van der Waals surface area contributed by atoms with Crippen LogP contribution in [-0.4, -0.2) is 15.8 Å². The van der Waals surface area contributed by atoms with E-state index in [1.54, 1.807) is 18.6 Å². The van der Waals surface area contributed by atoms with Crippen LogP contribution in [0.25, 0.3) is 0 Å². The number of carbonyl (C=O) groups is 1. The maximum atomic E-state index is 11.4. The van der Waals surface area contributed by atoms with Crippen LogP contribution in [0.1, 0.15) is 40.9 Å². The average molecular weight is 254 g/mol. The Bertz CT molecular complexity index is 625. The predicted octanol–water partition coefficient (Wildman–Crippen LogP) is 2.24. The van der Waals surface area contributed by atoms with Crippen molar-refractivity contribution in [2.75, 3.05) is 5.73 Å². The molecule has 0 radical (unpaired) electrons. The Hall–Kier alpha value is -2.61. The molecule has 2 aromatic rings. The molecule has 1 atom stereocenters. The summed E-state index contributed by atoms with van der Waals surface area (Å²) in [6.45, 7) is 1.45. The number of nitrogens with zero attached hydrogens (tertiary/aromatic N) is 2. The highest BCUT2D eigenvalue weighted by molar-refractivity contribution is 5.98. The number of hydrogen-bond acceptors (Lipinski definition) is 4. The number of Topliss-reactive ketones (excluding diaryl/α,β-unsaturated/α-hetero) is 1.